The molecule has 0 saturated heterocycles. The number of hydrogen-bond donors (Lipinski definition) is 1. The second-order valence-corrected chi connectivity index (χ2v) is 6.97. The van der Waals surface area contributed by atoms with Gasteiger partial charge in [-0.05, 0) is 42.9 Å². The largest absolute Gasteiger partial charge is 0.370 e. The van der Waals surface area contributed by atoms with Gasteiger partial charge in [0, 0.05) is 25.8 Å². The van der Waals surface area contributed by atoms with Gasteiger partial charge in [-0.25, -0.2) is 0 Å². The first kappa shape index (κ1) is 16.3. The monoisotopic (exact) mass is 289 g/mol. The minimum Gasteiger partial charge on any atom is -0.370 e. The molecule has 1 aliphatic rings. The van der Waals surface area contributed by atoms with E-state index < -0.39 is 0 Å². The lowest BCUT2D eigenvalue weighted by atomic mass is 9.85. The molecule has 1 saturated carbocycles. The predicted molar refractivity (Wildman–Crippen MR) is 90.6 cm³/mol. The second kappa shape index (κ2) is 7.79. The Morgan fingerprint density at radius 1 is 1.33 bits per heavy atom. The summed E-state index contributed by atoms with van der Waals surface area (Å²) in [6.45, 7) is 8.88. The van der Waals surface area contributed by atoms with Crippen LogP contribution >= 0.6 is 0 Å². The number of pyridine rings is 1. The summed E-state index contributed by atoms with van der Waals surface area (Å²) in [5.74, 6) is 1.46. The Balaban J connectivity index is 2.07. The molecule has 1 aromatic heterocycles. The molecular formula is C18H31N3. The third-order valence-corrected chi connectivity index (χ3v) is 4.70. The first-order chi connectivity index (χ1) is 10.1. The number of hydrogen-bond acceptors (Lipinski definition) is 3. The molecule has 2 atom stereocenters. The van der Waals surface area contributed by atoms with E-state index in [2.05, 4.69) is 49.1 Å². The van der Waals surface area contributed by atoms with Gasteiger partial charge in [-0.1, -0.05) is 33.6 Å². The van der Waals surface area contributed by atoms with Crippen molar-refractivity contribution in [3.63, 3.8) is 0 Å². The lowest BCUT2D eigenvalue weighted by Crippen LogP contribution is -2.39. The number of aromatic nitrogens is 1. The molecule has 1 aromatic rings. The van der Waals surface area contributed by atoms with Gasteiger partial charge in [0.15, 0.2) is 0 Å². The molecule has 0 aliphatic heterocycles. The normalized spacial score (nSPS) is 22.5. The van der Waals surface area contributed by atoms with Crippen LogP contribution in [0.25, 0.3) is 0 Å². The average Bonchev–Trinajstić information content (AvgIpc) is 2.47. The summed E-state index contributed by atoms with van der Waals surface area (Å²) in [6.07, 6.45) is 9.37. The lowest BCUT2D eigenvalue weighted by molar-refractivity contribution is 0.321. The van der Waals surface area contributed by atoms with Crippen LogP contribution in [0, 0.1) is 11.8 Å². The maximum atomic E-state index is 4.36. The standard InChI is InChI=1S/C18H31N3/c1-14(2)11-20-12-16-9-10-19-13-18(16)21(4)17-8-6-5-7-15(17)3/h9-10,13-15,17,20H,5-8,11-12H2,1-4H3. The topological polar surface area (TPSA) is 28.2 Å². The van der Waals surface area contributed by atoms with Crippen molar-refractivity contribution < 1.29 is 0 Å². The maximum absolute atomic E-state index is 4.36. The van der Waals surface area contributed by atoms with Crippen LogP contribution < -0.4 is 10.2 Å². The van der Waals surface area contributed by atoms with Crippen molar-refractivity contribution in [3.05, 3.63) is 24.0 Å². The van der Waals surface area contributed by atoms with Gasteiger partial charge in [-0.2, -0.15) is 0 Å². The lowest BCUT2D eigenvalue weighted by Gasteiger charge is -2.38. The molecule has 21 heavy (non-hydrogen) atoms. The van der Waals surface area contributed by atoms with Gasteiger partial charge in [-0.3, -0.25) is 4.98 Å². The number of anilines is 1. The molecule has 1 aliphatic carbocycles. The van der Waals surface area contributed by atoms with Crippen LogP contribution in [0.15, 0.2) is 18.5 Å². The first-order valence-corrected chi connectivity index (χ1v) is 8.46. The Hall–Kier alpha value is -1.09. The van der Waals surface area contributed by atoms with Crippen molar-refractivity contribution >= 4 is 5.69 Å². The van der Waals surface area contributed by atoms with Crippen molar-refractivity contribution in [2.45, 2.75) is 59.0 Å². The first-order valence-electron chi connectivity index (χ1n) is 8.46. The Morgan fingerprint density at radius 3 is 2.81 bits per heavy atom. The molecule has 1 heterocycles. The highest BCUT2D eigenvalue weighted by atomic mass is 15.1. The third kappa shape index (κ3) is 4.44. The van der Waals surface area contributed by atoms with Crippen LogP contribution in [0.3, 0.4) is 0 Å². The summed E-state index contributed by atoms with van der Waals surface area (Å²) in [7, 11) is 2.25. The minimum absolute atomic E-state index is 0.659. The van der Waals surface area contributed by atoms with Crippen LogP contribution in [0.2, 0.25) is 0 Å². The van der Waals surface area contributed by atoms with E-state index in [0.29, 0.717) is 12.0 Å². The van der Waals surface area contributed by atoms with E-state index in [1.165, 1.54) is 36.9 Å². The fourth-order valence-electron chi connectivity index (χ4n) is 3.43. The zero-order chi connectivity index (χ0) is 15.2. The van der Waals surface area contributed by atoms with Crippen LogP contribution in [-0.4, -0.2) is 24.6 Å². The van der Waals surface area contributed by atoms with Crippen LogP contribution in [0.1, 0.15) is 52.0 Å². The fourth-order valence-corrected chi connectivity index (χ4v) is 3.43. The third-order valence-electron chi connectivity index (χ3n) is 4.70. The summed E-state index contributed by atoms with van der Waals surface area (Å²) in [4.78, 5) is 6.84. The summed E-state index contributed by atoms with van der Waals surface area (Å²) in [5.41, 5.74) is 2.67. The van der Waals surface area contributed by atoms with Crippen LogP contribution in [-0.2, 0) is 6.54 Å². The van der Waals surface area contributed by atoms with E-state index in [-0.39, 0.29) is 0 Å². The predicted octanol–water partition coefficient (Wildman–Crippen LogP) is 3.84. The van der Waals surface area contributed by atoms with Gasteiger partial charge in [0.05, 0.1) is 11.9 Å². The highest BCUT2D eigenvalue weighted by Gasteiger charge is 2.26. The van der Waals surface area contributed by atoms with E-state index in [4.69, 9.17) is 0 Å². The molecule has 0 spiro atoms. The molecule has 2 unspecified atom stereocenters. The molecule has 3 heteroatoms. The van der Waals surface area contributed by atoms with Gasteiger partial charge >= 0.3 is 0 Å². The molecule has 3 nitrogen and oxygen atoms in total. The SMILES string of the molecule is CC(C)CNCc1ccncc1N(C)C1CCCCC1C. The van der Waals surface area contributed by atoms with Crippen molar-refractivity contribution in [1.29, 1.82) is 0 Å². The van der Waals surface area contributed by atoms with E-state index >= 15 is 0 Å². The molecule has 0 aromatic carbocycles. The fraction of sp³-hybridized carbons (Fsp3) is 0.722. The molecule has 0 radical (unpaired) electrons. The van der Waals surface area contributed by atoms with E-state index in [0.717, 1.165) is 19.0 Å². The highest BCUT2D eigenvalue weighted by Crippen LogP contribution is 2.31. The maximum Gasteiger partial charge on any atom is 0.0598 e. The number of rotatable bonds is 6. The molecule has 1 fully saturated rings. The molecule has 0 amide bonds. The van der Waals surface area contributed by atoms with Gasteiger partial charge < -0.3 is 10.2 Å². The summed E-state index contributed by atoms with van der Waals surface area (Å²) >= 11 is 0. The summed E-state index contributed by atoms with van der Waals surface area (Å²) in [6, 6.07) is 2.82. The van der Waals surface area contributed by atoms with Crippen LogP contribution in [0.4, 0.5) is 5.69 Å². The summed E-state index contributed by atoms with van der Waals surface area (Å²) < 4.78 is 0. The molecule has 118 valence electrons. The smallest absolute Gasteiger partial charge is 0.0598 e. The van der Waals surface area contributed by atoms with E-state index in [9.17, 15) is 0 Å². The van der Waals surface area contributed by atoms with Crippen molar-refractivity contribution in [2.24, 2.45) is 11.8 Å². The zero-order valence-corrected chi connectivity index (χ0v) is 14.1. The summed E-state index contributed by atoms with van der Waals surface area (Å²) in [5, 5.41) is 3.56. The van der Waals surface area contributed by atoms with Gasteiger partial charge in [-0.15, -0.1) is 0 Å². The Labute approximate surface area is 130 Å². The van der Waals surface area contributed by atoms with Crippen molar-refractivity contribution in [3.8, 4) is 0 Å². The zero-order valence-electron chi connectivity index (χ0n) is 14.1. The Bertz CT molecular complexity index is 430. The molecule has 2 rings (SSSR count). The quantitative estimate of drug-likeness (QED) is 0.862. The molecule has 0 bridgehead atoms. The van der Waals surface area contributed by atoms with Crippen molar-refractivity contribution in [1.82, 2.24) is 10.3 Å². The Morgan fingerprint density at radius 2 is 2.10 bits per heavy atom. The highest BCUT2D eigenvalue weighted by molar-refractivity contribution is 5.52. The van der Waals surface area contributed by atoms with Gasteiger partial charge in [0.1, 0.15) is 0 Å². The van der Waals surface area contributed by atoms with E-state index in [1.807, 2.05) is 12.4 Å². The van der Waals surface area contributed by atoms with Crippen molar-refractivity contribution in [2.75, 3.05) is 18.5 Å². The van der Waals surface area contributed by atoms with Gasteiger partial charge in [0.2, 0.25) is 0 Å². The number of nitrogens with zero attached hydrogens (tertiary/aromatic N) is 2. The van der Waals surface area contributed by atoms with Crippen LogP contribution in [0.5, 0.6) is 0 Å². The average molecular weight is 289 g/mol. The minimum atomic E-state index is 0.659. The second-order valence-electron chi connectivity index (χ2n) is 6.97. The Kier molecular flexibility index (Phi) is 6.04. The van der Waals surface area contributed by atoms with E-state index in [1.54, 1.807) is 0 Å². The molecule has 1 N–H and O–H groups in total. The number of nitrogens with one attached hydrogen (secondary N) is 1. The molecular weight excluding hydrogens is 258 g/mol. The van der Waals surface area contributed by atoms with Gasteiger partial charge in [0.25, 0.3) is 0 Å².